The molecule has 25 heavy (non-hydrogen) atoms. The van der Waals surface area contributed by atoms with Crippen molar-refractivity contribution in [2.24, 2.45) is 0 Å². The first-order chi connectivity index (χ1) is 12.1. The highest BCUT2D eigenvalue weighted by Crippen LogP contribution is 2.18. The molecule has 2 heterocycles. The van der Waals surface area contributed by atoms with E-state index in [1.54, 1.807) is 0 Å². The summed E-state index contributed by atoms with van der Waals surface area (Å²) in [5, 5.41) is 17.2. The van der Waals surface area contributed by atoms with Crippen molar-refractivity contribution < 1.29 is 9.72 Å². The third kappa shape index (κ3) is 4.63. The fourth-order valence-corrected chi connectivity index (χ4v) is 3.01. The standard InChI is InChI=1S/C17H21N5O3/c23-17(13-21-12-16(10-19-21)22(24)25)18-7-3-8-20-9-6-14-4-1-2-5-15(14)11-20/h1-2,4-5,10,12H,3,6-9,11,13H2,(H,18,23). The lowest BCUT2D eigenvalue weighted by molar-refractivity contribution is -0.385. The van der Waals surface area contributed by atoms with Gasteiger partial charge in [-0.15, -0.1) is 0 Å². The van der Waals surface area contributed by atoms with Crippen molar-refractivity contribution in [3.63, 3.8) is 0 Å². The zero-order valence-corrected chi connectivity index (χ0v) is 13.9. The lowest BCUT2D eigenvalue weighted by Gasteiger charge is -2.28. The lowest BCUT2D eigenvalue weighted by Crippen LogP contribution is -2.34. The minimum atomic E-state index is -0.530. The summed E-state index contributed by atoms with van der Waals surface area (Å²) in [6.07, 6.45) is 4.33. The van der Waals surface area contributed by atoms with Crippen LogP contribution in [0.3, 0.4) is 0 Å². The summed E-state index contributed by atoms with van der Waals surface area (Å²) in [4.78, 5) is 24.3. The molecule has 1 N–H and O–H groups in total. The van der Waals surface area contributed by atoms with E-state index in [1.165, 1.54) is 22.0 Å². The van der Waals surface area contributed by atoms with E-state index >= 15 is 0 Å². The molecule has 8 heteroatoms. The summed E-state index contributed by atoms with van der Waals surface area (Å²) >= 11 is 0. The number of rotatable bonds is 7. The van der Waals surface area contributed by atoms with Crippen LogP contribution in [0.4, 0.5) is 5.69 Å². The van der Waals surface area contributed by atoms with E-state index < -0.39 is 4.92 Å². The van der Waals surface area contributed by atoms with E-state index in [9.17, 15) is 14.9 Å². The van der Waals surface area contributed by atoms with Gasteiger partial charge in [0.2, 0.25) is 5.91 Å². The highest BCUT2D eigenvalue weighted by Gasteiger charge is 2.15. The third-order valence-corrected chi connectivity index (χ3v) is 4.32. The Hall–Kier alpha value is -2.74. The predicted molar refractivity (Wildman–Crippen MR) is 91.9 cm³/mol. The van der Waals surface area contributed by atoms with Crippen molar-refractivity contribution in [3.05, 3.63) is 57.9 Å². The first-order valence-electron chi connectivity index (χ1n) is 8.34. The Morgan fingerprint density at radius 3 is 2.88 bits per heavy atom. The van der Waals surface area contributed by atoms with Gasteiger partial charge in [-0.05, 0) is 24.0 Å². The van der Waals surface area contributed by atoms with Crippen LogP contribution >= 0.6 is 0 Å². The first-order valence-corrected chi connectivity index (χ1v) is 8.34. The van der Waals surface area contributed by atoms with Gasteiger partial charge in [0.1, 0.15) is 18.9 Å². The van der Waals surface area contributed by atoms with E-state index in [0.717, 1.165) is 38.7 Å². The molecule has 1 aromatic carbocycles. The number of nitro groups is 1. The summed E-state index contributed by atoms with van der Waals surface area (Å²) < 4.78 is 1.27. The van der Waals surface area contributed by atoms with Gasteiger partial charge in [0.25, 0.3) is 0 Å². The van der Waals surface area contributed by atoms with E-state index in [-0.39, 0.29) is 18.1 Å². The molecule has 0 saturated heterocycles. The molecule has 3 rings (SSSR count). The van der Waals surface area contributed by atoms with Crippen LogP contribution in [0.5, 0.6) is 0 Å². The maximum Gasteiger partial charge on any atom is 0.307 e. The Kier molecular flexibility index (Phi) is 5.39. The zero-order valence-electron chi connectivity index (χ0n) is 13.9. The topological polar surface area (TPSA) is 93.3 Å². The molecule has 0 unspecified atom stereocenters. The van der Waals surface area contributed by atoms with Gasteiger partial charge in [0.15, 0.2) is 0 Å². The van der Waals surface area contributed by atoms with E-state index in [2.05, 4.69) is 39.6 Å². The van der Waals surface area contributed by atoms with Gasteiger partial charge in [0, 0.05) is 26.2 Å². The third-order valence-electron chi connectivity index (χ3n) is 4.32. The number of benzene rings is 1. The minimum absolute atomic E-state index is 0.00900. The molecule has 0 spiro atoms. The predicted octanol–water partition coefficient (Wildman–Crippen LogP) is 1.36. The van der Waals surface area contributed by atoms with Crippen LogP contribution in [0, 0.1) is 10.1 Å². The molecule has 1 aliphatic rings. The van der Waals surface area contributed by atoms with E-state index in [0.29, 0.717) is 6.54 Å². The average molecular weight is 343 g/mol. The number of amides is 1. The molecular formula is C17H21N5O3. The van der Waals surface area contributed by atoms with E-state index in [1.807, 2.05) is 0 Å². The monoisotopic (exact) mass is 343 g/mol. The van der Waals surface area contributed by atoms with Gasteiger partial charge in [-0.25, -0.2) is 0 Å². The number of carbonyl (C=O) groups is 1. The fraction of sp³-hybridized carbons (Fsp3) is 0.412. The number of hydrogen-bond acceptors (Lipinski definition) is 5. The summed E-state index contributed by atoms with van der Waals surface area (Å²) in [5.41, 5.74) is 2.71. The summed E-state index contributed by atoms with van der Waals surface area (Å²) in [6.45, 7) is 3.51. The lowest BCUT2D eigenvalue weighted by atomic mass is 10.00. The van der Waals surface area contributed by atoms with Crippen LogP contribution < -0.4 is 5.32 Å². The second-order valence-electron chi connectivity index (χ2n) is 6.15. The largest absolute Gasteiger partial charge is 0.354 e. The Morgan fingerprint density at radius 1 is 1.32 bits per heavy atom. The molecule has 8 nitrogen and oxygen atoms in total. The van der Waals surface area contributed by atoms with E-state index in [4.69, 9.17) is 0 Å². The maximum atomic E-state index is 11.9. The van der Waals surface area contributed by atoms with Gasteiger partial charge in [0.05, 0.1) is 4.92 Å². The number of nitrogens with one attached hydrogen (secondary N) is 1. The van der Waals surface area contributed by atoms with Crippen LogP contribution in [-0.4, -0.2) is 45.1 Å². The van der Waals surface area contributed by atoms with Crippen molar-refractivity contribution in [3.8, 4) is 0 Å². The number of hydrogen-bond donors (Lipinski definition) is 1. The number of nitrogens with zero attached hydrogens (tertiary/aromatic N) is 4. The smallest absolute Gasteiger partial charge is 0.307 e. The van der Waals surface area contributed by atoms with Crippen LogP contribution in [0.1, 0.15) is 17.5 Å². The molecule has 0 fully saturated rings. The molecule has 0 bridgehead atoms. The quantitative estimate of drug-likeness (QED) is 0.465. The first kappa shape index (κ1) is 17.1. The van der Waals surface area contributed by atoms with Gasteiger partial charge < -0.3 is 5.32 Å². The summed E-state index contributed by atoms with van der Waals surface area (Å²) in [6, 6.07) is 8.51. The zero-order chi connectivity index (χ0) is 17.6. The molecule has 0 atom stereocenters. The second-order valence-corrected chi connectivity index (χ2v) is 6.15. The Labute approximate surface area is 145 Å². The Bertz CT molecular complexity index is 758. The van der Waals surface area contributed by atoms with Crippen molar-refractivity contribution in [1.82, 2.24) is 20.0 Å². The molecule has 1 aliphatic heterocycles. The van der Waals surface area contributed by atoms with Gasteiger partial charge >= 0.3 is 5.69 Å². The molecule has 0 saturated carbocycles. The van der Waals surface area contributed by atoms with Gasteiger partial charge in [-0.3, -0.25) is 24.5 Å². The van der Waals surface area contributed by atoms with Crippen LogP contribution in [0.15, 0.2) is 36.7 Å². The molecule has 0 aliphatic carbocycles. The Balaban J connectivity index is 1.36. The van der Waals surface area contributed by atoms with Crippen molar-refractivity contribution in [2.45, 2.75) is 25.9 Å². The number of aromatic nitrogens is 2. The van der Waals surface area contributed by atoms with Crippen molar-refractivity contribution >= 4 is 11.6 Å². The summed E-state index contributed by atoms with van der Waals surface area (Å²) in [7, 11) is 0. The SMILES string of the molecule is O=C(Cn1cc([N+](=O)[O-])cn1)NCCCN1CCc2ccccc2C1. The molecule has 1 amide bonds. The molecule has 0 radical (unpaired) electrons. The fourth-order valence-electron chi connectivity index (χ4n) is 3.01. The summed E-state index contributed by atoms with van der Waals surface area (Å²) in [5.74, 6) is -0.193. The van der Waals surface area contributed by atoms with Crippen LogP contribution in [0.25, 0.3) is 0 Å². The molecule has 132 valence electrons. The van der Waals surface area contributed by atoms with Crippen LogP contribution in [0.2, 0.25) is 0 Å². The molecular weight excluding hydrogens is 322 g/mol. The van der Waals surface area contributed by atoms with Crippen LogP contribution in [-0.2, 0) is 24.3 Å². The van der Waals surface area contributed by atoms with Crippen molar-refractivity contribution in [1.29, 1.82) is 0 Å². The van der Waals surface area contributed by atoms with Gasteiger partial charge in [-0.2, -0.15) is 5.10 Å². The highest BCUT2D eigenvalue weighted by molar-refractivity contribution is 5.75. The number of carbonyl (C=O) groups excluding carboxylic acids is 1. The van der Waals surface area contributed by atoms with Crippen molar-refractivity contribution in [2.75, 3.05) is 19.6 Å². The Morgan fingerprint density at radius 2 is 2.12 bits per heavy atom. The molecule has 2 aromatic rings. The highest BCUT2D eigenvalue weighted by atomic mass is 16.6. The molecule has 1 aromatic heterocycles. The normalized spacial score (nSPS) is 14.1. The maximum absolute atomic E-state index is 11.9. The average Bonchev–Trinajstić information content (AvgIpc) is 3.07. The number of fused-ring (bicyclic) bond motifs is 1. The minimum Gasteiger partial charge on any atom is -0.354 e. The second kappa shape index (κ2) is 7.89. The van der Waals surface area contributed by atoms with Gasteiger partial charge in [-0.1, -0.05) is 24.3 Å².